The Bertz CT molecular complexity index is 649. The average molecular weight is 396 g/mol. The topological polar surface area (TPSA) is 81.7 Å². The average Bonchev–Trinajstić information content (AvgIpc) is 2.73. The van der Waals surface area contributed by atoms with Crippen LogP contribution in [-0.2, 0) is 14.3 Å². The van der Waals surface area contributed by atoms with Gasteiger partial charge >= 0.3 is 11.9 Å². The number of hydrogen-bond donors (Lipinski definition) is 1. The molecule has 0 bridgehead atoms. The van der Waals surface area contributed by atoms with E-state index in [1.54, 1.807) is 34.6 Å². The van der Waals surface area contributed by atoms with E-state index in [9.17, 15) is 14.4 Å². The molecule has 0 fully saturated rings. The molecule has 1 amide bonds. The molecular formula is C15H19Cl2NO5S. The number of rotatable bonds is 5. The Balaban J connectivity index is 3.30. The van der Waals surface area contributed by atoms with Crippen LogP contribution in [0, 0.1) is 6.92 Å². The summed E-state index contributed by atoms with van der Waals surface area (Å²) in [4.78, 5) is 35.1. The number of hydrogen-bond acceptors (Lipinski definition) is 6. The van der Waals surface area contributed by atoms with Crippen LogP contribution in [0.3, 0.4) is 0 Å². The minimum absolute atomic E-state index is 0.0880. The van der Waals surface area contributed by atoms with Gasteiger partial charge in [0.2, 0.25) is 0 Å². The van der Waals surface area contributed by atoms with Gasteiger partial charge in [-0.1, -0.05) is 23.2 Å². The number of nitrogens with one attached hydrogen (secondary N) is 1. The molecule has 134 valence electrons. The number of carbonyl (C=O) groups excluding carboxylic acids is 3. The molecule has 0 aliphatic carbocycles. The molecule has 0 unspecified atom stereocenters. The van der Waals surface area contributed by atoms with E-state index in [0.29, 0.717) is 5.56 Å². The molecule has 0 atom stereocenters. The molecule has 1 aromatic heterocycles. The highest BCUT2D eigenvalue weighted by atomic mass is 35.5. The van der Waals surface area contributed by atoms with E-state index in [4.69, 9.17) is 32.7 Å². The van der Waals surface area contributed by atoms with Gasteiger partial charge in [-0.3, -0.25) is 4.79 Å². The molecular weight excluding hydrogens is 377 g/mol. The first-order valence-electron chi connectivity index (χ1n) is 7.10. The van der Waals surface area contributed by atoms with E-state index in [1.165, 1.54) is 0 Å². The zero-order valence-electron chi connectivity index (χ0n) is 14.0. The molecule has 1 N–H and O–H groups in total. The van der Waals surface area contributed by atoms with Crippen molar-refractivity contribution < 1.29 is 23.9 Å². The number of esters is 2. The molecule has 9 heteroatoms. The van der Waals surface area contributed by atoms with Crippen LogP contribution >= 0.6 is 34.5 Å². The maximum atomic E-state index is 12.3. The van der Waals surface area contributed by atoms with Crippen molar-refractivity contribution in [1.82, 2.24) is 0 Å². The van der Waals surface area contributed by atoms with Crippen molar-refractivity contribution in [1.29, 1.82) is 0 Å². The van der Waals surface area contributed by atoms with Gasteiger partial charge in [-0.05, 0) is 40.2 Å². The van der Waals surface area contributed by atoms with Crippen molar-refractivity contribution in [2.75, 3.05) is 11.9 Å². The molecule has 0 spiro atoms. The Labute approximate surface area is 154 Å². The monoisotopic (exact) mass is 395 g/mol. The van der Waals surface area contributed by atoms with E-state index in [0.717, 1.165) is 11.3 Å². The number of amides is 1. The van der Waals surface area contributed by atoms with Crippen LogP contribution in [0.5, 0.6) is 0 Å². The summed E-state index contributed by atoms with van der Waals surface area (Å²) in [7, 11) is 0. The first-order chi connectivity index (χ1) is 11.0. The molecule has 0 aliphatic heterocycles. The van der Waals surface area contributed by atoms with Crippen LogP contribution in [0.2, 0.25) is 0 Å². The van der Waals surface area contributed by atoms with Crippen LogP contribution in [0.25, 0.3) is 0 Å². The Morgan fingerprint density at radius 2 is 1.79 bits per heavy atom. The molecule has 0 saturated carbocycles. The van der Waals surface area contributed by atoms with Gasteiger partial charge in [0.15, 0.2) is 4.84 Å². The molecule has 1 rings (SSSR count). The zero-order chi connectivity index (χ0) is 18.7. The lowest BCUT2D eigenvalue weighted by molar-refractivity contribution is -0.114. The zero-order valence-corrected chi connectivity index (χ0v) is 16.3. The quantitative estimate of drug-likeness (QED) is 0.603. The first kappa shape index (κ1) is 20.7. The van der Waals surface area contributed by atoms with Crippen molar-refractivity contribution in [3.8, 4) is 0 Å². The molecule has 0 saturated heterocycles. The van der Waals surface area contributed by atoms with Gasteiger partial charge in [0.05, 0.1) is 12.2 Å². The van der Waals surface area contributed by atoms with Gasteiger partial charge in [-0.15, -0.1) is 11.3 Å². The summed E-state index contributed by atoms with van der Waals surface area (Å²) < 4.78 is 10.3. The summed E-state index contributed by atoms with van der Waals surface area (Å²) >= 11 is 11.9. The molecule has 1 aromatic rings. The molecule has 0 aliphatic rings. The summed E-state index contributed by atoms with van der Waals surface area (Å²) in [5.41, 5.74) is -0.244. The van der Waals surface area contributed by atoms with Crippen LogP contribution in [0.4, 0.5) is 5.00 Å². The van der Waals surface area contributed by atoms with Crippen LogP contribution in [-0.4, -0.2) is 34.9 Å². The van der Waals surface area contributed by atoms with Gasteiger partial charge < -0.3 is 14.8 Å². The second-order valence-electron chi connectivity index (χ2n) is 5.77. The minimum Gasteiger partial charge on any atom is -0.462 e. The smallest absolute Gasteiger partial charge is 0.349 e. The third-order valence-corrected chi connectivity index (χ3v) is 4.23. The lowest BCUT2D eigenvalue weighted by Crippen LogP contribution is -2.23. The van der Waals surface area contributed by atoms with E-state index >= 15 is 0 Å². The van der Waals surface area contributed by atoms with E-state index in [-0.39, 0.29) is 22.0 Å². The minimum atomic E-state index is -1.31. The molecule has 1 heterocycles. The predicted molar refractivity (Wildman–Crippen MR) is 94.3 cm³/mol. The third kappa shape index (κ3) is 5.36. The Kier molecular flexibility index (Phi) is 7.07. The number of alkyl halides is 2. The summed E-state index contributed by atoms with van der Waals surface area (Å²) in [6.45, 7) is 8.57. The van der Waals surface area contributed by atoms with Gasteiger partial charge in [0.25, 0.3) is 5.91 Å². The number of thiophene rings is 1. The highest BCUT2D eigenvalue weighted by Crippen LogP contribution is 2.35. The second-order valence-corrected chi connectivity index (χ2v) is 7.89. The van der Waals surface area contributed by atoms with Crippen LogP contribution in [0.1, 0.15) is 53.3 Å². The Morgan fingerprint density at radius 3 is 2.25 bits per heavy atom. The SMILES string of the molecule is CCOC(=O)c1c(NC(=O)C(Cl)Cl)sc(C(=O)OC(C)(C)C)c1C. The number of carbonyl (C=O) groups is 3. The summed E-state index contributed by atoms with van der Waals surface area (Å²) in [5.74, 6) is -1.96. The Hall–Kier alpha value is -1.31. The maximum Gasteiger partial charge on any atom is 0.349 e. The van der Waals surface area contributed by atoms with E-state index in [2.05, 4.69) is 5.32 Å². The highest BCUT2D eigenvalue weighted by Gasteiger charge is 2.29. The fourth-order valence-electron chi connectivity index (χ4n) is 1.74. The number of ether oxygens (including phenoxy) is 2. The third-order valence-electron chi connectivity index (χ3n) is 2.65. The van der Waals surface area contributed by atoms with Gasteiger partial charge in [0, 0.05) is 0 Å². The van der Waals surface area contributed by atoms with Gasteiger partial charge in [-0.2, -0.15) is 0 Å². The molecule has 0 radical (unpaired) electrons. The van der Waals surface area contributed by atoms with Crippen molar-refractivity contribution in [2.24, 2.45) is 0 Å². The summed E-state index contributed by atoms with van der Waals surface area (Å²) in [6, 6.07) is 0. The second kappa shape index (κ2) is 8.18. The maximum absolute atomic E-state index is 12.3. The Morgan fingerprint density at radius 1 is 1.21 bits per heavy atom. The van der Waals surface area contributed by atoms with E-state index < -0.39 is 28.3 Å². The lowest BCUT2D eigenvalue weighted by atomic mass is 10.1. The van der Waals surface area contributed by atoms with Crippen molar-refractivity contribution in [2.45, 2.75) is 45.1 Å². The van der Waals surface area contributed by atoms with Crippen LogP contribution in [0.15, 0.2) is 0 Å². The number of halogens is 2. The highest BCUT2D eigenvalue weighted by molar-refractivity contribution is 7.18. The van der Waals surface area contributed by atoms with Crippen LogP contribution < -0.4 is 5.32 Å². The molecule has 0 aromatic carbocycles. The molecule has 24 heavy (non-hydrogen) atoms. The summed E-state index contributed by atoms with van der Waals surface area (Å²) in [6.07, 6.45) is 0. The fraction of sp³-hybridized carbons (Fsp3) is 0.533. The van der Waals surface area contributed by atoms with Gasteiger partial charge in [0.1, 0.15) is 15.5 Å². The predicted octanol–water partition coefficient (Wildman–Crippen LogP) is 3.93. The van der Waals surface area contributed by atoms with Crippen molar-refractivity contribution in [3.05, 3.63) is 16.0 Å². The lowest BCUT2D eigenvalue weighted by Gasteiger charge is -2.19. The van der Waals surface area contributed by atoms with E-state index in [1.807, 2.05) is 0 Å². The standard InChI is InChI=1S/C15H19Cl2NO5S/c1-6-22-13(20)8-7(2)9(14(21)23-15(3,4)5)24-12(8)18-11(19)10(16)17/h10H,6H2,1-5H3,(H,18,19). The largest absolute Gasteiger partial charge is 0.462 e. The van der Waals surface area contributed by atoms with Crippen molar-refractivity contribution in [3.63, 3.8) is 0 Å². The fourth-order valence-corrected chi connectivity index (χ4v) is 2.92. The van der Waals surface area contributed by atoms with Gasteiger partial charge in [-0.25, -0.2) is 9.59 Å². The number of anilines is 1. The normalized spacial score (nSPS) is 11.3. The van der Waals surface area contributed by atoms with Crippen molar-refractivity contribution >= 4 is 57.4 Å². The first-order valence-corrected chi connectivity index (χ1v) is 8.79. The molecule has 6 nitrogen and oxygen atoms in total. The summed E-state index contributed by atoms with van der Waals surface area (Å²) in [5, 5.41) is 2.58.